The standard InChI is InChI=1S/C11H11N3O3S2/c1-14(11(15)10-6-18-7-13-10)8-2-4-9(5-3-8)19(12,16)17/h2-7H,1H3,(H2,12,16,17). The number of primary sulfonamides is 1. The highest BCUT2D eigenvalue weighted by Crippen LogP contribution is 2.18. The monoisotopic (exact) mass is 297 g/mol. The Hall–Kier alpha value is -1.77. The Labute approximate surface area is 114 Å². The fourth-order valence-electron chi connectivity index (χ4n) is 1.47. The summed E-state index contributed by atoms with van der Waals surface area (Å²) in [6.45, 7) is 0. The molecule has 8 heteroatoms. The number of sulfonamides is 1. The number of hydrogen-bond acceptors (Lipinski definition) is 5. The predicted molar refractivity (Wildman–Crippen MR) is 72.7 cm³/mol. The lowest BCUT2D eigenvalue weighted by Crippen LogP contribution is -2.26. The molecule has 100 valence electrons. The summed E-state index contributed by atoms with van der Waals surface area (Å²) in [4.78, 5) is 17.3. The number of thiazole rings is 1. The lowest BCUT2D eigenvalue weighted by atomic mass is 10.3. The zero-order valence-electron chi connectivity index (χ0n) is 9.98. The van der Waals surface area contributed by atoms with E-state index < -0.39 is 10.0 Å². The van der Waals surface area contributed by atoms with E-state index in [1.165, 1.54) is 40.5 Å². The van der Waals surface area contributed by atoms with Crippen molar-refractivity contribution in [3.05, 3.63) is 40.8 Å². The van der Waals surface area contributed by atoms with E-state index in [1.807, 2.05) is 0 Å². The minimum atomic E-state index is -3.72. The first-order chi connectivity index (χ1) is 8.89. The van der Waals surface area contributed by atoms with Crippen LogP contribution in [0.4, 0.5) is 5.69 Å². The highest BCUT2D eigenvalue weighted by atomic mass is 32.2. The zero-order chi connectivity index (χ0) is 14.0. The molecule has 0 aliphatic rings. The molecule has 19 heavy (non-hydrogen) atoms. The van der Waals surface area contributed by atoms with E-state index >= 15 is 0 Å². The van der Waals surface area contributed by atoms with Crippen molar-refractivity contribution >= 4 is 33.0 Å². The highest BCUT2D eigenvalue weighted by Gasteiger charge is 2.16. The molecule has 6 nitrogen and oxygen atoms in total. The van der Waals surface area contributed by atoms with Gasteiger partial charge in [-0.1, -0.05) is 0 Å². The number of aromatic nitrogens is 1. The van der Waals surface area contributed by atoms with Gasteiger partial charge in [0.15, 0.2) is 0 Å². The molecule has 0 radical (unpaired) electrons. The average Bonchev–Trinajstić information content (AvgIpc) is 2.90. The van der Waals surface area contributed by atoms with Crippen molar-refractivity contribution in [1.82, 2.24) is 4.98 Å². The van der Waals surface area contributed by atoms with Gasteiger partial charge in [-0.3, -0.25) is 4.79 Å². The Morgan fingerprint density at radius 1 is 1.32 bits per heavy atom. The second kappa shape index (κ2) is 5.08. The lowest BCUT2D eigenvalue weighted by molar-refractivity contribution is 0.0989. The molecule has 0 fully saturated rings. The van der Waals surface area contributed by atoms with E-state index in [-0.39, 0.29) is 10.8 Å². The van der Waals surface area contributed by atoms with Crippen LogP contribution in [0.2, 0.25) is 0 Å². The normalized spacial score (nSPS) is 11.3. The van der Waals surface area contributed by atoms with Gasteiger partial charge in [0.25, 0.3) is 5.91 Å². The van der Waals surface area contributed by atoms with E-state index in [0.29, 0.717) is 11.4 Å². The second-order valence-corrected chi connectivity index (χ2v) is 6.06. The van der Waals surface area contributed by atoms with Gasteiger partial charge in [0, 0.05) is 18.1 Å². The number of benzene rings is 1. The topological polar surface area (TPSA) is 93.4 Å². The molecule has 0 atom stereocenters. The van der Waals surface area contributed by atoms with E-state index in [9.17, 15) is 13.2 Å². The maximum Gasteiger partial charge on any atom is 0.277 e. The van der Waals surface area contributed by atoms with Crippen molar-refractivity contribution in [3.63, 3.8) is 0 Å². The van der Waals surface area contributed by atoms with Crippen molar-refractivity contribution in [3.8, 4) is 0 Å². The van der Waals surface area contributed by atoms with Gasteiger partial charge in [-0.15, -0.1) is 11.3 Å². The molecule has 1 amide bonds. The van der Waals surface area contributed by atoms with Crippen LogP contribution in [-0.4, -0.2) is 26.4 Å². The van der Waals surface area contributed by atoms with Gasteiger partial charge in [-0.25, -0.2) is 18.5 Å². The first kappa shape index (κ1) is 13.7. The largest absolute Gasteiger partial charge is 0.310 e. The summed E-state index contributed by atoms with van der Waals surface area (Å²) < 4.78 is 22.2. The Bertz CT molecular complexity index is 678. The van der Waals surface area contributed by atoms with E-state index in [2.05, 4.69) is 4.98 Å². The number of nitrogens with zero attached hydrogens (tertiary/aromatic N) is 2. The molecule has 2 N–H and O–H groups in total. The fraction of sp³-hybridized carbons (Fsp3) is 0.0909. The molecule has 0 unspecified atom stereocenters. The van der Waals surface area contributed by atoms with Crippen molar-refractivity contribution in [2.45, 2.75) is 4.90 Å². The van der Waals surface area contributed by atoms with Crippen LogP contribution >= 0.6 is 11.3 Å². The molecule has 0 aliphatic heterocycles. The number of hydrogen-bond donors (Lipinski definition) is 1. The van der Waals surface area contributed by atoms with Crippen LogP contribution in [0.3, 0.4) is 0 Å². The van der Waals surface area contributed by atoms with Crippen molar-refractivity contribution < 1.29 is 13.2 Å². The van der Waals surface area contributed by atoms with Crippen molar-refractivity contribution in [2.24, 2.45) is 5.14 Å². The molecule has 0 aliphatic carbocycles. The first-order valence-corrected chi connectivity index (χ1v) is 7.67. The Kier molecular flexibility index (Phi) is 3.65. The number of carbonyl (C=O) groups is 1. The molecule has 2 rings (SSSR count). The zero-order valence-corrected chi connectivity index (χ0v) is 11.6. The minimum absolute atomic E-state index is 0.00533. The maximum absolute atomic E-state index is 12.0. The number of carbonyl (C=O) groups excluding carboxylic acids is 1. The Morgan fingerprint density at radius 2 is 1.95 bits per heavy atom. The van der Waals surface area contributed by atoms with Crippen LogP contribution in [0.15, 0.2) is 40.1 Å². The number of anilines is 1. The van der Waals surface area contributed by atoms with Crippen LogP contribution in [0, 0.1) is 0 Å². The van der Waals surface area contributed by atoms with Gasteiger partial charge in [0.1, 0.15) is 5.69 Å². The quantitative estimate of drug-likeness (QED) is 0.917. The Balaban J connectivity index is 2.25. The average molecular weight is 297 g/mol. The summed E-state index contributed by atoms with van der Waals surface area (Å²) in [5.74, 6) is -0.260. The van der Waals surface area contributed by atoms with Crippen LogP contribution in [0.25, 0.3) is 0 Å². The molecule has 2 aromatic rings. The third-order valence-corrected chi connectivity index (χ3v) is 4.02. The van der Waals surface area contributed by atoms with Crippen LogP contribution in [0.5, 0.6) is 0 Å². The second-order valence-electron chi connectivity index (χ2n) is 3.78. The summed E-state index contributed by atoms with van der Waals surface area (Å²) >= 11 is 1.33. The highest BCUT2D eigenvalue weighted by molar-refractivity contribution is 7.89. The molecular formula is C11H11N3O3S2. The van der Waals surface area contributed by atoms with Gasteiger partial charge in [0.2, 0.25) is 10.0 Å². The number of nitrogens with two attached hydrogens (primary N) is 1. The molecule has 0 saturated heterocycles. The van der Waals surface area contributed by atoms with Gasteiger partial charge in [-0.2, -0.15) is 0 Å². The molecule has 0 bridgehead atoms. The Morgan fingerprint density at radius 3 is 2.42 bits per heavy atom. The smallest absolute Gasteiger partial charge is 0.277 e. The molecule has 1 aromatic heterocycles. The summed E-state index contributed by atoms with van der Waals surface area (Å²) in [5, 5.41) is 6.65. The summed E-state index contributed by atoms with van der Waals surface area (Å²) in [6, 6.07) is 5.75. The minimum Gasteiger partial charge on any atom is -0.310 e. The van der Waals surface area contributed by atoms with Gasteiger partial charge in [0.05, 0.1) is 10.4 Å². The third kappa shape index (κ3) is 2.98. The summed E-state index contributed by atoms with van der Waals surface area (Å²) in [7, 11) is -2.13. The number of rotatable bonds is 3. The first-order valence-electron chi connectivity index (χ1n) is 5.18. The molecular weight excluding hydrogens is 286 g/mol. The summed E-state index contributed by atoms with van der Waals surface area (Å²) in [5.41, 5.74) is 2.49. The van der Waals surface area contributed by atoms with Crippen LogP contribution in [-0.2, 0) is 10.0 Å². The van der Waals surface area contributed by atoms with E-state index in [0.717, 1.165) is 0 Å². The maximum atomic E-state index is 12.0. The van der Waals surface area contributed by atoms with E-state index in [4.69, 9.17) is 5.14 Å². The number of amides is 1. The SMILES string of the molecule is CN(C(=O)c1cscn1)c1ccc(S(N)(=O)=O)cc1. The third-order valence-electron chi connectivity index (χ3n) is 2.51. The molecule has 0 spiro atoms. The lowest BCUT2D eigenvalue weighted by Gasteiger charge is -2.16. The van der Waals surface area contributed by atoms with Crippen LogP contribution in [0.1, 0.15) is 10.5 Å². The molecule has 1 heterocycles. The van der Waals surface area contributed by atoms with Crippen molar-refractivity contribution in [2.75, 3.05) is 11.9 Å². The fourth-order valence-corrected chi connectivity index (χ4v) is 2.51. The van der Waals surface area contributed by atoms with Gasteiger partial charge < -0.3 is 4.90 Å². The van der Waals surface area contributed by atoms with E-state index in [1.54, 1.807) is 17.9 Å². The van der Waals surface area contributed by atoms with Gasteiger partial charge >= 0.3 is 0 Å². The van der Waals surface area contributed by atoms with Crippen molar-refractivity contribution in [1.29, 1.82) is 0 Å². The molecule has 1 aromatic carbocycles. The van der Waals surface area contributed by atoms with Gasteiger partial charge in [-0.05, 0) is 24.3 Å². The van der Waals surface area contributed by atoms with Crippen LogP contribution < -0.4 is 10.0 Å². The predicted octanol–water partition coefficient (Wildman–Crippen LogP) is 1.07. The summed E-state index contributed by atoms with van der Waals surface area (Å²) in [6.07, 6.45) is 0. The molecule has 0 saturated carbocycles.